The van der Waals surface area contributed by atoms with Crippen LogP contribution in [0.15, 0.2) is 41.3 Å². The van der Waals surface area contributed by atoms with Crippen LogP contribution >= 0.6 is 11.6 Å². The molecule has 0 unspecified atom stereocenters. The number of benzene rings is 1. The first-order chi connectivity index (χ1) is 9.24. The molecule has 0 atom stereocenters. The molecule has 0 aliphatic carbocycles. The lowest BCUT2D eigenvalue weighted by molar-refractivity contribution is 0.425. The lowest BCUT2D eigenvalue weighted by atomic mass is 10.2. The van der Waals surface area contributed by atoms with Crippen LogP contribution in [0.1, 0.15) is 0 Å². The van der Waals surface area contributed by atoms with E-state index in [1.165, 1.54) is 18.5 Å². The zero-order valence-corrected chi connectivity index (χ0v) is 10.2. The molecule has 0 amide bonds. The Balaban J connectivity index is 2.04. The van der Waals surface area contributed by atoms with Gasteiger partial charge in [-0.05, 0) is 18.2 Å². The van der Waals surface area contributed by atoms with Crippen LogP contribution in [0.3, 0.4) is 0 Å². The van der Waals surface area contributed by atoms with Gasteiger partial charge in [-0.3, -0.25) is 4.98 Å². The first kappa shape index (κ1) is 11.6. The predicted octanol–water partition coefficient (Wildman–Crippen LogP) is 2.55. The highest BCUT2D eigenvalue weighted by Gasteiger charge is 2.15. The number of aromatic hydroxyl groups is 1. The zero-order valence-electron chi connectivity index (χ0n) is 9.49. The van der Waals surface area contributed by atoms with E-state index in [9.17, 15) is 5.11 Å². The van der Waals surface area contributed by atoms with Crippen LogP contribution in [0.4, 0.5) is 0 Å². The van der Waals surface area contributed by atoms with E-state index in [1.54, 1.807) is 18.3 Å². The highest BCUT2D eigenvalue weighted by Crippen LogP contribution is 2.31. The summed E-state index contributed by atoms with van der Waals surface area (Å²) in [6, 6.07) is 4.58. The van der Waals surface area contributed by atoms with Crippen LogP contribution < -0.4 is 0 Å². The topological polar surface area (TPSA) is 84.9 Å². The summed E-state index contributed by atoms with van der Waals surface area (Å²) in [5.74, 6) is 0.474. The van der Waals surface area contributed by atoms with Crippen LogP contribution in [0.25, 0.3) is 23.0 Å². The SMILES string of the molecule is Oc1ccc(Cl)cc1-c1nc(-c2cnccn2)no1. The van der Waals surface area contributed by atoms with Gasteiger partial charge in [0.2, 0.25) is 5.82 Å². The molecule has 7 heteroatoms. The minimum absolute atomic E-state index is 0.0127. The summed E-state index contributed by atoms with van der Waals surface area (Å²) in [6.07, 6.45) is 4.60. The number of phenols is 1. The van der Waals surface area contributed by atoms with Crippen molar-refractivity contribution in [2.45, 2.75) is 0 Å². The van der Waals surface area contributed by atoms with E-state index in [-0.39, 0.29) is 11.6 Å². The van der Waals surface area contributed by atoms with Crippen molar-refractivity contribution in [3.63, 3.8) is 0 Å². The average molecular weight is 275 g/mol. The largest absolute Gasteiger partial charge is 0.507 e. The maximum absolute atomic E-state index is 9.75. The fraction of sp³-hybridized carbons (Fsp3) is 0. The van der Waals surface area contributed by atoms with E-state index >= 15 is 0 Å². The summed E-state index contributed by atoms with van der Waals surface area (Å²) in [6.45, 7) is 0. The molecular formula is C12H7ClN4O2. The molecular weight excluding hydrogens is 268 g/mol. The van der Waals surface area contributed by atoms with Gasteiger partial charge in [-0.15, -0.1) is 0 Å². The smallest absolute Gasteiger partial charge is 0.262 e. The van der Waals surface area contributed by atoms with Gasteiger partial charge in [0.15, 0.2) is 0 Å². The fourth-order valence-electron chi connectivity index (χ4n) is 1.53. The second-order valence-corrected chi connectivity index (χ2v) is 4.11. The van der Waals surface area contributed by atoms with Crippen molar-refractivity contribution in [1.82, 2.24) is 20.1 Å². The number of aromatic nitrogens is 4. The number of phenolic OH excluding ortho intramolecular Hbond substituents is 1. The molecule has 0 aliphatic rings. The molecule has 3 rings (SSSR count). The Kier molecular flexibility index (Phi) is 2.85. The molecule has 6 nitrogen and oxygen atoms in total. The molecule has 0 saturated heterocycles. The molecule has 0 saturated carbocycles. The van der Waals surface area contributed by atoms with Crippen molar-refractivity contribution in [2.75, 3.05) is 0 Å². The summed E-state index contributed by atoms with van der Waals surface area (Å²) < 4.78 is 5.09. The third-order valence-electron chi connectivity index (χ3n) is 2.41. The molecule has 1 N–H and O–H groups in total. The maximum Gasteiger partial charge on any atom is 0.262 e. The van der Waals surface area contributed by atoms with Gasteiger partial charge in [-0.2, -0.15) is 4.98 Å². The Hall–Kier alpha value is -2.47. The number of nitrogens with zero attached hydrogens (tertiary/aromatic N) is 4. The molecule has 2 heterocycles. The molecule has 1 aromatic carbocycles. The zero-order chi connectivity index (χ0) is 13.2. The van der Waals surface area contributed by atoms with Gasteiger partial charge in [0.25, 0.3) is 5.89 Å². The first-order valence-electron chi connectivity index (χ1n) is 5.33. The van der Waals surface area contributed by atoms with Gasteiger partial charge in [0.1, 0.15) is 11.4 Å². The standard InChI is InChI=1S/C12H7ClN4O2/c13-7-1-2-10(18)8(5-7)12-16-11(17-19-12)9-6-14-3-4-15-9/h1-6,18H. The van der Waals surface area contributed by atoms with E-state index in [2.05, 4.69) is 20.1 Å². The highest BCUT2D eigenvalue weighted by atomic mass is 35.5. The average Bonchev–Trinajstić information content (AvgIpc) is 2.92. The Morgan fingerprint density at radius 1 is 1.21 bits per heavy atom. The van der Waals surface area contributed by atoms with Gasteiger partial charge in [0.05, 0.1) is 11.8 Å². The predicted molar refractivity (Wildman–Crippen MR) is 67.4 cm³/mol. The number of rotatable bonds is 2. The van der Waals surface area contributed by atoms with E-state index in [1.807, 2.05) is 0 Å². The summed E-state index contributed by atoms with van der Waals surface area (Å²) in [7, 11) is 0. The second-order valence-electron chi connectivity index (χ2n) is 3.68. The van der Waals surface area contributed by atoms with Crippen LogP contribution in [-0.2, 0) is 0 Å². The molecule has 0 aliphatic heterocycles. The van der Waals surface area contributed by atoms with Crippen molar-refractivity contribution in [2.24, 2.45) is 0 Å². The Morgan fingerprint density at radius 3 is 2.89 bits per heavy atom. The van der Waals surface area contributed by atoms with Gasteiger partial charge < -0.3 is 9.63 Å². The van der Waals surface area contributed by atoms with Crippen molar-refractivity contribution in [3.05, 3.63) is 41.8 Å². The minimum Gasteiger partial charge on any atom is -0.507 e. The summed E-state index contributed by atoms with van der Waals surface area (Å²) in [5, 5.41) is 14.0. The summed E-state index contributed by atoms with van der Waals surface area (Å²) >= 11 is 5.87. The Morgan fingerprint density at radius 2 is 2.11 bits per heavy atom. The lowest BCUT2D eigenvalue weighted by Gasteiger charge is -1.98. The number of hydrogen-bond acceptors (Lipinski definition) is 6. The normalized spacial score (nSPS) is 10.6. The third-order valence-corrected chi connectivity index (χ3v) is 2.64. The highest BCUT2D eigenvalue weighted by molar-refractivity contribution is 6.30. The van der Waals surface area contributed by atoms with Crippen LogP contribution in [0.5, 0.6) is 5.75 Å². The van der Waals surface area contributed by atoms with Gasteiger partial charge >= 0.3 is 0 Å². The molecule has 0 radical (unpaired) electrons. The number of halogens is 1. The quantitative estimate of drug-likeness (QED) is 0.773. The van der Waals surface area contributed by atoms with Crippen molar-refractivity contribution in [3.8, 4) is 28.7 Å². The summed E-state index contributed by atoms with van der Waals surface area (Å²) in [5.41, 5.74) is 0.856. The van der Waals surface area contributed by atoms with Crippen LogP contribution in [-0.4, -0.2) is 25.2 Å². The van der Waals surface area contributed by atoms with E-state index in [4.69, 9.17) is 16.1 Å². The first-order valence-corrected chi connectivity index (χ1v) is 5.71. The van der Waals surface area contributed by atoms with Crippen molar-refractivity contribution < 1.29 is 9.63 Å². The molecule has 94 valence electrons. The molecule has 0 spiro atoms. The summed E-state index contributed by atoms with van der Waals surface area (Å²) in [4.78, 5) is 12.1. The minimum atomic E-state index is 0.0127. The van der Waals surface area contributed by atoms with Gasteiger partial charge in [-0.1, -0.05) is 16.8 Å². The van der Waals surface area contributed by atoms with Crippen LogP contribution in [0.2, 0.25) is 5.02 Å². The monoisotopic (exact) mass is 274 g/mol. The maximum atomic E-state index is 9.75. The van der Waals surface area contributed by atoms with Crippen molar-refractivity contribution in [1.29, 1.82) is 0 Å². The second kappa shape index (κ2) is 4.66. The number of hydrogen-bond donors (Lipinski definition) is 1. The lowest BCUT2D eigenvalue weighted by Crippen LogP contribution is -1.86. The van der Waals surface area contributed by atoms with E-state index in [0.29, 0.717) is 22.1 Å². The molecule has 3 aromatic rings. The third kappa shape index (κ3) is 2.25. The van der Waals surface area contributed by atoms with E-state index in [0.717, 1.165) is 0 Å². The Labute approximate surface area is 112 Å². The van der Waals surface area contributed by atoms with Crippen molar-refractivity contribution >= 4 is 11.6 Å². The van der Waals surface area contributed by atoms with E-state index < -0.39 is 0 Å². The molecule has 2 aromatic heterocycles. The van der Waals surface area contributed by atoms with Gasteiger partial charge in [0, 0.05) is 17.4 Å². The molecule has 0 bridgehead atoms. The van der Waals surface area contributed by atoms with Gasteiger partial charge in [-0.25, -0.2) is 4.98 Å². The fourth-order valence-corrected chi connectivity index (χ4v) is 1.70. The van der Waals surface area contributed by atoms with Crippen LogP contribution in [0, 0.1) is 0 Å². The molecule has 19 heavy (non-hydrogen) atoms. The molecule has 0 fully saturated rings. The Bertz CT molecular complexity index is 715.